The molecule has 1 N–H and O–H groups in total. The van der Waals surface area contributed by atoms with Crippen molar-refractivity contribution in [2.45, 2.75) is 45.2 Å². The zero-order valence-corrected chi connectivity index (χ0v) is 11.5. The van der Waals surface area contributed by atoms with Crippen molar-refractivity contribution in [2.75, 3.05) is 0 Å². The van der Waals surface area contributed by atoms with E-state index in [0.29, 0.717) is 12.1 Å². The van der Waals surface area contributed by atoms with Gasteiger partial charge in [-0.1, -0.05) is 29.8 Å². The van der Waals surface area contributed by atoms with Gasteiger partial charge in [0.05, 0.1) is 0 Å². The number of nitrogens with one attached hydrogen (secondary N) is 1. The second kappa shape index (κ2) is 7.52. The summed E-state index contributed by atoms with van der Waals surface area (Å²) < 4.78 is 0. The Morgan fingerprint density at radius 3 is 2.76 bits per heavy atom. The molecule has 0 spiro atoms. The minimum Gasteiger partial charge on any atom is -0.311 e. The summed E-state index contributed by atoms with van der Waals surface area (Å²) >= 11 is 5.97. The maximum atomic E-state index is 5.97. The molecule has 0 amide bonds. The molecule has 0 heterocycles. The van der Waals surface area contributed by atoms with Crippen LogP contribution in [0.1, 0.15) is 32.3 Å². The number of benzene rings is 1. The number of halogens is 1. The SMILES string of the molecule is C=CCCC(C)NC(C)Cc1cccc(Cl)c1. The van der Waals surface area contributed by atoms with Crippen LogP contribution in [-0.4, -0.2) is 12.1 Å². The summed E-state index contributed by atoms with van der Waals surface area (Å²) in [7, 11) is 0. The summed E-state index contributed by atoms with van der Waals surface area (Å²) in [5.41, 5.74) is 1.29. The highest BCUT2D eigenvalue weighted by Gasteiger charge is 2.07. The fourth-order valence-electron chi connectivity index (χ4n) is 2.01. The average molecular weight is 252 g/mol. The van der Waals surface area contributed by atoms with Gasteiger partial charge in [0.2, 0.25) is 0 Å². The topological polar surface area (TPSA) is 12.0 Å². The maximum absolute atomic E-state index is 5.97. The van der Waals surface area contributed by atoms with Crippen molar-refractivity contribution < 1.29 is 0 Å². The van der Waals surface area contributed by atoms with Crippen molar-refractivity contribution in [1.29, 1.82) is 0 Å². The summed E-state index contributed by atoms with van der Waals surface area (Å²) in [5, 5.41) is 4.41. The molecule has 1 aromatic rings. The first kappa shape index (κ1) is 14.3. The molecule has 0 bridgehead atoms. The number of hydrogen-bond donors (Lipinski definition) is 1. The van der Waals surface area contributed by atoms with Crippen molar-refractivity contribution in [3.8, 4) is 0 Å². The van der Waals surface area contributed by atoms with Crippen LogP contribution in [0.3, 0.4) is 0 Å². The van der Waals surface area contributed by atoms with Gasteiger partial charge in [-0.15, -0.1) is 6.58 Å². The highest BCUT2D eigenvalue weighted by molar-refractivity contribution is 6.30. The zero-order chi connectivity index (χ0) is 12.7. The maximum Gasteiger partial charge on any atom is 0.0408 e. The Hall–Kier alpha value is -0.790. The molecule has 1 rings (SSSR count). The molecule has 1 nitrogen and oxygen atoms in total. The van der Waals surface area contributed by atoms with E-state index in [9.17, 15) is 0 Å². The van der Waals surface area contributed by atoms with E-state index in [1.165, 1.54) is 5.56 Å². The van der Waals surface area contributed by atoms with Crippen LogP contribution in [0.4, 0.5) is 0 Å². The van der Waals surface area contributed by atoms with Gasteiger partial charge in [0.1, 0.15) is 0 Å². The fraction of sp³-hybridized carbons (Fsp3) is 0.467. The lowest BCUT2D eigenvalue weighted by Crippen LogP contribution is -2.35. The molecule has 17 heavy (non-hydrogen) atoms. The van der Waals surface area contributed by atoms with E-state index in [1.54, 1.807) is 0 Å². The molecule has 0 aliphatic rings. The van der Waals surface area contributed by atoms with Crippen molar-refractivity contribution >= 4 is 11.6 Å². The lowest BCUT2D eigenvalue weighted by atomic mass is 10.1. The van der Waals surface area contributed by atoms with Crippen LogP contribution in [-0.2, 0) is 6.42 Å². The predicted molar refractivity (Wildman–Crippen MR) is 76.6 cm³/mol. The average Bonchev–Trinajstić information content (AvgIpc) is 2.26. The molecule has 2 heteroatoms. The first-order valence-corrected chi connectivity index (χ1v) is 6.61. The number of hydrogen-bond acceptors (Lipinski definition) is 1. The zero-order valence-electron chi connectivity index (χ0n) is 10.7. The van der Waals surface area contributed by atoms with E-state index in [-0.39, 0.29) is 0 Å². The Bertz CT molecular complexity index is 349. The van der Waals surface area contributed by atoms with Gasteiger partial charge in [-0.25, -0.2) is 0 Å². The summed E-state index contributed by atoms with van der Waals surface area (Å²) in [5.74, 6) is 0. The largest absolute Gasteiger partial charge is 0.311 e. The Morgan fingerprint density at radius 2 is 2.12 bits per heavy atom. The number of rotatable bonds is 7. The van der Waals surface area contributed by atoms with Crippen LogP contribution in [0, 0.1) is 0 Å². The van der Waals surface area contributed by atoms with Gasteiger partial charge < -0.3 is 5.32 Å². The minimum absolute atomic E-state index is 0.466. The standard InChI is InChI=1S/C15H22ClN/c1-4-5-7-12(2)17-13(3)10-14-8-6-9-15(16)11-14/h4,6,8-9,11-13,17H,1,5,7,10H2,2-3H3. The van der Waals surface area contributed by atoms with Gasteiger partial charge in [-0.05, 0) is 50.8 Å². The van der Waals surface area contributed by atoms with Gasteiger partial charge in [-0.3, -0.25) is 0 Å². The molecular formula is C15H22ClN. The number of allylic oxidation sites excluding steroid dienone is 1. The van der Waals surface area contributed by atoms with Crippen molar-refractivity contribution in [3.63, 3.8) is 0 Å². The van der Waals surface area contributed by atoms with E-state index in [2.05, 4.69) is 31.8 Å². The monoisotopic (exact) mass is 251 g/mol. The van der Waals surface area contributed by atoms with Crippen molar-refractivity contribution in [2.24, 2.45) is 0 Å². The van der Waals surface area contributed by atoms with Crippen LogP contribution < -0.4 is 5.32 Å². The van der Waals surface area contributed by atoms with Crippen molar-refractivity contribution in [3.05, 3.63) is 47.5 Å². The molecule has 2 unspecified atom stereocenters. The minimum atomic E-state index is 0.466. The third-order valence-corrected chi connectivity index (χ3v) is 3.04. The Kier molecular flexibility index (Phi) is 6.31. The molecule has 2 atom stereocenters. The summed E-state index contributed by atoms with van der Waals surface area (Å²) in [6.45, 7) is 8.18. The molecule has 94 valence electrons. The molecule has 0 radical (unpaired) electrons. The molecule has 0 saturated heterocycles. The molecule has 0 aliphatic heterocycles. The van der Waals surface area contributed by atoms with Gasteiger partial charge in [0.25, 0.3) is 0 Å². The second-order valence-electron chi connectivity index (χ2n) is 4.67. The van der Waals surface area contributed by atoms with Gasteiger partial charge in [0.15, 0.2) is 0 Å². The van der Waals surface area contributed by atoms with E-state index in [4.69, 9.17) is 11.6 Å². The van der Waals surface area contributed by atoms with Crippen molar-refractivity contribution in [1.82, 2.24) is 5.32 Å². The molecule has 0 fully saturated rings. The summed E-state index contributed by atoms with van der Waals surface area (Å²) in [6.07, 6.45) is 5.19. The van der Waals surface area contributed by atoms with Crippen LogP contribution in [0.25, 0.3) is 0 Å². The highest BCUT2D eigenvalue weighted by Crippen LogP contribution is 2.12. The van der Waals surface area contributed by atoms with Crippen LogP contribution in [0.2, 0.25) is 5.02 Å². The second-order valence-corrected chi connectivity index (χ2v) is 5.11. The quantitative estimate of drug-likeness (QED) is 0.716. The Morgan fingerprint density at radius 1 is 1.35 bits per heavy atom. The smallest absolute Gasteiger partial charge is 0.0408 e. The summed E-state index contributed by atoms with van der Waals surface area (Å²) in [6, 6.07) is 9.07. The van der Waals surface area contributed by atoms with Crippen LogP contribution in [0.5, 0.6) is 0 Å². The molecular weight excluding hydrogens is 230 g/mol. The summed E-state index contributed by atoms with van der Waals surface area (Å²) in [4.78, 5) is 0. The van der Waals surface area contributed by atoms with Gasteiger partial charge >= 0.3 is 0 Å². The Labute approximate surface area is 110 Å². The van der Waals surface area contributed by atoms with E-state index < -0.39 is 0 Å². The lowest BCUT2D eigenvalue weighted by Gasteiger charge is -2.19. The van der Waals surface area contributed by atoms with Gasteiger partial charge in [0, 0.05) is 17.1 Å². The van der Waals surface area contributed by atoms with E-state index >= 15 is 0 Å². The first-order valence-electron chi connectivity index (χ1n) is 6.23. The van der Waals surface area contributed by atoms with Crippen LogP contribution in [0.15, 0.2) is 36.9 Å². The lowest BCUT2D eigenvalue weighted by molar-refractivity contribution is 0.446. The highest BCUT2D eigenvalue weighted by atomic mass is 35.5. The normalized spacial score (nSPS) is 14.3. The van der Waals surface area contributed by atoms with E-state index in [0.717, 1.165) is 24.3 Å². The van der Waals surface area contributed by atoms with Crippen LogP contribution >= 0.6 is 11.6 Å². The predicted octanol–water partition coefficient (Wildman–Crippen LogP) is 4.22. The third-order valence-electron chi connectivity index (χ3n) is 2.80. The molecule has 0 aromatic heterocycles. The fourth-order valence-corrected chi connectivity index (χ4v) is 2.23. The molecule has 0 aliphatic carbocycles. The Balaban J connectivity index is 2.38. The third kappa shape index (κ3) is 5.90. The molecule has 1 aromatic carbocycles. The first-order chi connectivity index (χ1) is 8.11. The molecule has 0 saturated carbocycles. The van der Waals surface area contributed by atoms with Gasteiger partial charge in [-0.2, -0.15) is 0 Å². The van der Waals surface area contributed by atoms with E-state index in [1.807, 2.05) is 24.3 Å².